The Labute approximate surface area is 114 Å². The molecule has 96 valence electrons. The van der Waals surface area contributed by atoms with E-state index in [1.807, 2.05) is 16.9 Å². The van der Waals surface area contributed by atoms with E-state index in [-0.39, 0.29) is 0 Å². The second-order valence-electron chi connectivity index (χ2n) is 4.76. The van der Waals surface area contributed by atoms with Crippen LogP contribution in [0.3, 0.4) is 0 Å². The van der Waals surface area contributed by atoms with Crippen molar-refractivity contribution in [2.45, 2.75) is 19.1 Å². The standard InChI is InChI=1S/C13H15BrFN3/c14-11-1-2-13-10(7-11)8-16-18(13)6-5-17-4-3-12(15)9-17/h1-2,7-8,12H,3-6,9H2. The van der Waals surface area contributed by atoms with E-state index >= 15 is 0 Å². The molecule has 1 aliphatic heterocycles. The van der Waals surface area contributed by atoms with Crippen molar-refractivity contribution in [3.8, 4) is 0 Å². The van der Waals surface area contributed by atoms with Gasteiger partial charge in [0.15, 0.2) is 0 Å². The van der Waals surface area contributed by atoms with Gasteiger partial charge in [-0.05, 0) is 24.6 Å². The number of likely N-dealkylation sites (tertiary alicyclic amines) is 1. The highest BCUT2D eigenvalue weighted by Gasteiger charge is 2.21. The maximum absolute atomic E-state index is 13.1. The number of hydrogen-bond donors (Lipinski definition) is 0. The lowest BCUT2D eigenvalue weighted by Gasteiger charge is -2.14. The molecule has 18 heavy (non-hydrogen) atoms. The van der Waals surface area contributed by atoms with E-state index in [1.54, 1.807) is 0 Å². The molecule has 1 fully saturated rings. The number of alkyl halides is 1. The van der Waals surface area contributed by atoms with Crippen molar-refractivity contribution in [1.82, 2.24) is 14.7 Å². The molecule has 0 N–H and O–H groups in total. The Morgan fingerprint density at radius 1 is 1.39 bits per heavy atom. The molecule has 3 nitrogen and oxygen atoms in total. The molecule has 0 spiro atoms. The third-order valence-electron chi connectivity index (χ3n) is 3.45. The van der Waals surface area contributed by atoms with Gasteiger partial charge in [-0.25, -0.2) is 4.39 Å². The van der Waals surface area contributed by atoms with Gasteiger partial charge in [0.2, 0.25) is 0 Å². The molecule has 0 amide bonds. The minimum atomic E-state index is -0.643. The number of halogens is 2. The maximum Gasteiger partial charge on any atom is 0.114 e. The number of hydrogen-bond acceptors (Lipinski definition) is 2. The van der Waals surface area contributed by atoms with Gasteiger partial charge in [0.25, 0.3) is 0 Å². The van der Waals surface area contributed by atoms with Gasteiger partial charge in [0.05, 0.1) is 18.3 Å². The van der Waals surface area contributed by atoms with Crippen LogP contribution in [0.5, 0.6) is 0 Å². The maximum atomic E-state index is 13.1. The van der Waals surface area contributed by atoms with Crippen LogP contribution in [0.15, 0.2) is 28.9 Å². The Hall–Kier alpha value is -0.940. The Kier molecular flexibility index (Phi) is 3.35. The normalized spacial score (nSPS) is 20.9. The van der Waals surface area contributed by atoms with Crippen LogP contribution < -0.4 is 0 Å². The molecule has 5 heteroatoms. The van der Waals surface area contributed by atoms with E-state index in [0.717, 1.165) is 35.0 Å². The summed E-state index contributed by atoms with van der Waals surface area (Å²) in [6, 6.07) is 6.15. The van der Waals surface area contributed by atoms with E-state index in [9.17, 15) is 4.39 Å². The largest absolute Gasteiger partial charge is 0.299 e. The van der Waals surface area contributed by atoms with Crippen molar-refractivity contribution in [2.24, 2.45) is 0 Å². The summed E-state index contributed by atoms with van der Waals surface area (Å²) in [5, 5.41) is 5.53. The second-order valence-corrected chi connectivity index (χ2v) is 5.67. The monoisotopic (exact) mass is 311 g/mol. The number of benzene rings is 1. The minimum Gasteiger partial charge on any atom is -0.299 e. The van der Waals surface area contributed by atoms with E-state index < -0.39 is 6.17 Å². The number of nitrogens with zero attached hydrogens (tertiary/aromatic N) is 3. The summed E-state index contributed by atoms with van der Waals surface area (Å²) < 4.78 is 16.1. The van der Waals surface area contributed by atoms with Crippen LogP contribution in [0.4, 0.5) is 4.39 Å². The lowest BCUT2D eigenvalue weighted by molar-refractivity contribution is 0.277. The molecule has 1 aliphatic rings. The summed E-state index contributed by atoms with van der Waals surface area (Å²) in [4.78, 5) is 2.16. The van der Waals surface area contributed by atoms with Crippen LogP contribution in [0.1, 0.15) is 6.42 Å². The average molecular weight is 312 g/mol. The molecule has 0 saturated carbocycles. The quantitative estimate of drug-likeness (QED) is 0.869. The molecular formula is C13H15BrFN3. The van der Waals surface area contributed by atoms with Crippen LogP contribution in [0.25, 0.3) is 10.9 Å². The van der Waals surface area contributed by atoms with Crippen molar-refractivity contribution < 1.29 is 4.39 Å². The summed E-state index contributed by atoms with van der Waals surface area (Å²) in [7, 11) is 0. The second kappa shape index (κ2) is 4.97. The van der Waals surface area contributed by atoms with Crippen molar-refractivity contribution in [2.75, 3.05) is 19.6 Å². The van der Waals surface area contributed by atoms with Gasteiger partial charge < -0.3 is 0 Å². The summed E-state index contributed by atoms with van der Waals surface area (Å²) in [6.07, 6.45) is 1.91. The molecular weight excluding hydrogens is 297 g/mol. The van der Waals surface area contributed by atoms with Gasteiger partial charge in [-0.15, -0.1) is 0 Å². The highest BCUT2D eigenvalue weighted by Crippen LogP contribution is 2.19. The molecule has 1 saturated heterocycles. The predicted octanol–water partition coefficient (Wildman–Crippen LogP) is 2.84. The van der Waals surface area contributed by atoms with Gasteiger partial charge >= 0.3 is 0 Å². The van der Waals surface area contributed by atoms with Crippen molar-refractivity contribution in [1.29, 1.82) is 0 Å². The molecule has 3 rings (SSSR count). The Morgan fingerprint density at radius 2 is 2.28 bits per heavy atom. The summed E-state index contributed by atoms with van der Waals surface area (Å²) >= 11 is 3.45. The van der Waals surface area contributed by atoms with Crippen LogP contribution >= 0.6 is 15.9 Å². The van der Waals surface area contributed by atoms with Crippen LogP contribution in [0, 0.1) is 0 Å². The molecule has 0 bridgehead atoms. The summed E-state index contributed by atoms with van der Waals surface area (Å²) in [5.41, 5.74) is 1.13. The molecule has 1 aromatic heterocycles. The summed E-state index contributed by atoms with van der Waals surface area (Å²) in [5.74, 6) is 0. The van der Waals surface area contributed by atoms with Gasteiger partial charge in [-0.2, -0.15) is 5.10 Å². The first kappa shape index (κ1) is 12.1. The highest BCUT2D eigenvalue weighted by atomic mass is 79.9. The Balaban J connectivity index is 1.71. The molecule has 2 heterocycles. The topological polar surface area (TPSA) is 21.1 Å². The zero-order chi connectivity index (χ0) is 12.5. The molecule has 0 aliphatic carbocycles. The lowest BCUT2D eigenvalue weighted by atomic mass is 10.2. The van der Waals surface area contributed by atoms with Crippen LogP contribution in [0.2, 0.25) is 0 Å². The van der Waals surface area contributed by atoms with E-state index in [1.165, 1.54) is 0 Å². The van der Waals surface area contributed by atoms with E-state index in [4.69, 9.17) is 0 Å². The highest BCUT2D eigenvalue weighted by molar-refractivity contribution is 9.10. The van der Waals surface area contributed by atoms with Gasteiger partial charge in [-0.1, -0.05) is 15.9 Å². The fourth-order valence-electron chi connectivity index (χ4n) is 2.46. The first-order valence-electron chi connectivity index (χ1n) is 6.20. The first-order chi connectivity index (χ1) is 8.72. The minimum absolute atomic E-state index is 0.574. The zero-order valence-electron chi connectivity index (χ0n) is 10.0. The van der Waals surface area contributed by atoms with Gasteiger partial charge in [0.1, 0.15) is 6.17 Å². The summed E-state index contributed by atoms with van der Waals surface area (Å²) in [6.45, 7) is 3.13. The molecule has 1 atom stereocenters. The van der Waals surface area contributed by atoms with E-state index in [2.05, 4.69) is 38.1 Å². The predicted molar refractivity (Wildman–Crippen MR) is 73.4 cm³/mol. The van der Waals surface area contributed by atoms with Crippen molar-refractivity contribution in [3.63, 3.8) is 0 Å². The number of fused-ring (bicyclic) bond motifs is 1. The van der Waals surface area contributed by atoms with Crippen molar-refractivity contribution >= 4 is 26.8 Å². The number of rotatable bonds is 3. The number of aromatic nitrogens is 2. The SMILES string of the molecule is FC1CCN(CCn2ncc3cc(Br)ccc32)C1. The van der Waals surface area contributed by atoms with Crippen LogP contribution in [-0.4, -0.2) is 40.5 Å². The molecule has 2 aromatic rings. The first-order valence-corrected chi connectivity index (χ1v) is 6.99. The average Bonchev–Trinajstić information content (AvgIpc) is 2.92. The fourth-order valence-corrected chi connectivity index (χ4v) is 2.84. The zero-order valence-corrected chi connectivity index (χ0v) is 11.6. The van der Waals surface area contributed by atoms with Crippen LogP contribution in [-0.2, 0) is 6.54 Å². The molecule has 0 radical (unpaired) electrons. The third-order valence-corrected chi connectivity index (χ3v) is 3.94. The van der Waals surface area contributed by atoms with Gasteiger partial charge in [0, 0.05) is 29.5 Å². The molecule has 1 aromatic carbocycles. The molecule has 1 unspecified atom stereocenters. The Morgan fingerprint density at radius 3 is 3.06 bits per heavy atom. The smallest absolute Gasteiger partial charge is 0.114 e. The fraction of sp³-hybridized carbons (Fsp3) is 0.462. The van der Waals surface area contributed by atoms with Gasteiger partial charge in [-0.3, -0.25) is 9.58 Å². The third kappa shape index (κ3) is 2.42. The Bertz CT molecular complexity index is 554. The van der Waals surface area contributed by atoms with E-state index in [0.29, 0.717) is 13.0 Å². The van der Waals surface area contributed by atoms with Crippen molar-refractivity contribution in [3.05, 3.63) is 28.9 Å². The lowest BCUT2D eigenvalue weighted by Crippen LogP contribution is -2.25.